The van der Waals surface area contributed by atoms with E-state index in [-0.39, 0.29) is 17.9 Å². The van der Waals surface area contributed by atoms with Gasteiger partial charge in [-0.15, -0.1) is 0 Å². The number of rotatable bonds is 10. The fraction of sp³-hybridized carbons (Fsp3) is 0.227. The average molecular weight is 461 g/mol. The van der Waals surface area contributed by atoms with Crippen molar-refractivity contribution in [2.45, 2.75) is 13.8 Å². The minimum Gasteiger partial charge on any atom is -0.462 e. The molecule has 0 saturated heterocycles. The summed E-state index contributed by atoms with van der Waals surface area (Å²) in [5, 5.41) is 3.39. The van der Waals surface area contributed by atoms with Crippen molar-refractivity contribution in [2.75, 3.05) is 25.1 Å². The van der Waals surface area contributed by atoms with E-state index in [1.165, 1.54) is 18.2 Å². The zero-order valence-corrected chi connectivity index (χ0v) is 18.5. The summed E-state index contributed by atoms with van der Waals surface area (Å²) in [5.41, 5.74) is 2.08. The van der Waals surface area contributed by atoms with E-state index in [0.717, 1.165) is 11.0 Å². The number of carbonyl (C=O) groups is 3. The molecule has 10 heteroatoms. The van der Waals surface area contributed by atoms with Crippen LogP contribution in [-0.2, 0) is 29.1 Å². The zero-order valence-electron chi connectivity index (χ0n) is 17.7. The number of nitrogens with one attached hydrogen (secondary N) is 2. The second-order valence-corrected chi connectivity index (χ2v) is 8.21. The minimum atomic E-state index is -3.88. The van der Waals surface area contributed by atoms with Gasteiger partial charge in [0.2, 0.25) is 10.0 Å². The molecule has 2 aromatic rings. The van der Waals surface area contributed by atoms with Gasteiger partial charge < -0.3 is 14.8 Å². The van der Waals surface area contributed by atoms with Crippen LogP contribution in [0.5, 0.6) is 0 Å². The van der Waals surface area contributed by atoms with E-state index in [0.29, 0.717) is 5.56 Å². The van der Waals surface area contributed by atoms with Crippen molar-refractivity contribution in [1.82, 2.24) is 4.72 Å². The minimum absolute atomic E-state index is 0.155. The highest BCUT2D eigenvalue weighted by molar-refractivity contribution is 7.92. The molecule has 2 N–H and O–H groups in total. The third-order valence-electron chi connectivity index (χ3n) is 4.00. The maximum Gasteiger partial charge on any atom is 0.340 e. The first-order valence-electron chi connectivity index (χ1n) is 9.66. The Balaban J connectivity index is 1.82. The van der Waals surface area contributed by atoms with Crippen molar-refractivity contribution in [2.24, 2.45) is 0 Å². The normalized spacial score (nSPS) is 11.2. The molecule has 0 bridgehead atoms. The zero-order chi connectivity index (χ0) is 23.6. The van der Waals surface area contributed by atoms with Gasteiger partial charge in [0.1, 0.15) is 6.54 Å². The van der Waals surface area contributed by atoms with Crippen molar-refractivity contribution in [3.8, 4) is 0 Å². The fourth-order valence-electron chi connectivity index (χ4n) is 2.42. The first-order chi connectivity index (χ1) is 15.2. The molecule has 0 aromatic heterocycles. The number of benzene rings is 2. The van der Waals surface area contributed by atoms with Crippen molar-refractivity contribution in [3.63, 3.8) is 0 Å². The Bertz CT molecular complexity index is 1090. The van der Waals surface area contributed by atoms with E-state index in [4.69, 9.17) is 9.47 Å². The lowest BCUT2D eigenvalue weighted by Crippen LogP contribution is -2.31. The van der Waals surface area contributed by atoms with Gasteiger partial charge in [-0.2, -0.15) is 0 Å². The van der Waals surface area contributed by atoms with Gasteiger partial charge in [0, 0.05) is 5.41 Å². The molecule has 0 unspecified atom stereocenters. The molecule has 0 saturated carbocycles. The Labute approximate surface area is 186 Å². The number of carbonyl (C=O) groups excluding carboxylic acids is 3. The Morgan fingerprint density at radius 2 is 1.69 bits per heavy atom. The quantitative estimate of drug-likeness (QED) is 0.521. The molecule has 1 amide bonds. The van der Waals surface area contributed by atoms with Gasteiger partial charge in [0.15, 0.2) is 6.61 Å². The first kappa shape index (κ1) is 24.8. The second kappa shape index (κ2) is 11.8. The summed E-state index contributed by atoms with van der Waals surface area (Å²) < 4.78 is 35.7. The largest absolute Gasteiger partial charge is 0.462 e. The highest BCUT2D eigenvalue weighted by Gasteiger charge is 2.16. The Hall–Kier alpha value is -3.50. The third kappa shape index (κ3) is 8.32. The van der Waals surface area contributed by atoms with Gasteiger partial charge in [-0.05, 0) is 37.6 Å². The van der Waals surface area contributed by atoms with Gasteiger partial charge in [0.25, 0.3) is 5.91 Å². The number of esters is 2. The van der Waals surface area contributed by atoms with E-state index in [1.807, 2.05) is 19.1 Å². The molecule has 0 heterocycles. The first-order valence-corrected chi connectivity index (χ1v) is 11.2. The van der Waals surface area contributed by atoms with Crippen LogP contribution in [0.15, 0.2) is 53.9 Å². The molecule has 0 atom stereocenters. The molecule has 0 spiro atoms. The van der Waals surface area contributed by atoms with Gasteiger partial charge in [-0.1, -0.05) is 42.0 Å². The summed E-state index contributed by atoms with van der Waals surface area (Å²) in [7, 11) is -3.88. The summed E-state index contributed by atoms with van der Waals surface area (Å²) >= 11 is 0. The molecular formula is C22H24N2O7S. The predicted molar refractivity (Wildman–Crippen MR) is 119 cm³/mol. The summed E-state index contributed by atoms with van der Waals surface area (Å²) in [4.78, 5) is 35.8. The van der Waals surface area contributed by atoms with E-state index in [9.17, 15) is 22.8 Å². The van der Waals surface area contributed by atoms with Crippen LogP contribution in [0.3, 0.4) is 0 Å². The van der Waals surface area contributed by atoms with Crippen molar-refractivity contribution in [3.05, 3.63) is 70.6 Å². The number of amides is 1. The number of aryl methyl sites for hydroxylation is 1. The second-order valence-electron chi connectivity index (χ2n) is 6.55. The standard InChI is InChI=1S/C22H24N2O7S/c1-3-30-22(27)18-6-4-5-7-19(18)24-20(25)15-31-21(26)14-23-32(28,29)13-12-17-10-8-16(2)9-11-17/h4-13,23H,3,14-15H2,1-2H3,(H,24,25). The van der Waals surface area contributed by atoms with E-state index in [1.54, 1.807) is 31.2 Å². The summed E-state index contributed by atoms with van der Waals surface area (Å²) in [5.74, 6) is -2.24. The van der Waals surface area contributed by atoms with Crippen LogP contribution < -0.4 is 10.0 Å². The number of para-hydroxylation sites is 1. The summed E-state index contributed by atoms with van der Waals surface area (Å²) in [6.45, 7) is 2.45. The van der Waals surface area contributed by atoms with E-state index < -0.39 is 41.0 Å². The van der Waals surface area contributed by atoms with Crippen LogP contribution in [0.1, 0.15) is 28.4 Å². The molecule has 0 aliphatic heterocycles. The van der Waals surface area contributed by atoms with Gasteiger partial charge in [-0.3, -0.25) is 9.59 Å². The third-order valence-corrected chi connectivity index (χ3v) is 5.04. The van der Waals surface area contributed by atoms with Crippen molar-refractivity contribution >= 4 is 39.6 Å². The number of ether oxygens (including phenoxy) is 2. The van der Waals surface area contributed by atoms with Gasteiger partial charge >= 0.3 is 11.9 Å². The molecule has 2 rings (SSSR count). The summed E-state index contributed by atoms with van der Waals surface area (Å²) in [6.07, 6.45) is 1.39. The Morgan fingerprint density at radius 1 is 1.00 bits per heavy atom. The molecule has 0 aliphatic carbocycles. The Kier molecular flexibility index (Phi) is 9.11. The van der Waals surface area contributed by atoms with E-state index >= 15 is 0 Å². The molecular weight excluding hydrogens is 436 g/mol. The molecule has 9 nitrogen and oxygen atoms in total. The van der Waals surface area contributed by atoms with Crippen molar-refractivity contribution < 1.29 is 32.3 Å². The fourth-order valence-corrected chi connectivity index (χ4v) is 3.17. The molecule has 0 fully saturated rings. The highest BCUT2D eigenvalue weighted by atomic mass is 32.2. The summed E-state index contributed by atoms with van der Waals surface area (Å²) in [6, 6.07) is 13.4. The van der Waals surface area contributed by atoms with Crippen LogP contribution in [0.25, 0.3) is 6.08 Å². The smallest absolute Gasteiger partial charge is 0.340 e. The average Bonchev–Trinajstić information content (AvgIpc) is 2.76. The molecule has 0 aliphatic rings. The van der Waals surface area contributed by atoms with Crippen LogP contribution in [-0.4, -0.2) is 46.0 Å². The number of hydrogen-bond acceptors (Lipinski definition) is 7. The Morgan fingerprint density at radius 3 is 2.38 bits per heavy atom. The topological polar surface area (TPSA) is 128 Å². The molecule has 0 radical (unpaired) electrons. The predicted octanol–water partition coefficient (Wildman–Crippen LogP) is 2.24. The van der Waals surface area contributed by atoms with Gasteiger partial charge in [-0.25, -0.2) is 17.9 Å². The molecule has 2 aromatic carbocycles. The maximum absolute atomic E-state index is 12.0. The van der Waals surface area contributed by atoms with Gasteiger partial charge in [0.05, 0.1) is 17.9 Å². The maximum atomic E-state index is 12.0. The molecule has 32 heavy (non-hydrogen) atoms. The number of anilines is 1. The van der Waals surface area contributed by atoms with Crippen LogP contribution in [0.4, 0.5) is 5.69 Å². The van der Waals surface area contributed by atoms with Crippen LogP contribution >= 0.6 is 0 Å². The monoisotopic (exact) mass is 460 g/mol. The highest BCUT2D eigenvalue weighted by Crippen LogP contribution is 2.16. The number of hydrogen-bond donors (Lipinski definition) is 2. The van der Waals surface area contributed by atoms with Crippen LogP contribution in [0.2, 0.25) is 0 Å². The van der Waals surface area contributed by atoms with Crippen LogP contribution in [0, 0.1) is 6.92 Å². The van der Waals surface area contributed by atoms with Crippen molar-refractivity contribution in [1.29, 1.82) is 0 Å². The number of sulfonamides is 1. The lowest BCUT2D eigenvalue weighted by Gasteiger charge is -2.10. The lowest BCUT2D eigenvalue weighted by molar-refractivity contribution is -0.146. The van der Waals surface area contributed by atoms with E-state index in [2.05, 4.69) is 10.0 Å². The molecule has 170 valence electrons. The SMILES string of the molecule is CCOC(=O)c1ccccc1NC(=O)COC(=O)CNS(=O)(=O)C=Cc1ccc(C)cc1. The lowest BCUT2D eigenvalue weighted by atomic mass is 10.2.